The van der Waals surface area contributed by atoms with Gasteiger partial charge >= 0.3 is 0 Å². The summed E-state index contributed by atoms with van der Waals surface area (Å²) >= 11 is 0. The third-order valence-corrected chi connectivity index (χ3v) is 6.81. The predicted molar refractivity (Wildman–Crippen MR) is 128 cm³/mol. The number of aromatic nitrogens is 1. The molecule has 0 aliphatic carbocycles. The lowest BCUT2D eigenvalue weighted by Crippen LogP contribution is -2.47. The van der Waals surface area contributed by atoms with Gasteiger partial charge in [-0.25, -0.2) is 0 Å². The maximum absolute atomic E-state index is 13.8. The van der Waals surface area contributed by atoms with Gasteiger partial charge in [-0.15, -0.1) is 0 Å². The summed E-state index contributed by atoms with van der Waals surface area (Å²) in [5.74, 6) is 0.297. The average molecular weight is 434 g/mol. The van der Waals surface area contributed by atoms with Crippen molar-refractivity contribution >= 4 is 5.91 Å². The van der Waals surface area contributed by atoms with Crippen molar-refractivity contribution < 1.29 is 9.53 Å². The number of ether oxygens (including phenoxy) is 1. The van der Waals surface area contributed by atoms with E-state index in [9.17, 15) is 4.79 Å². The fourth-order valence-corrected chi connectivity index (χ4v) is 5.13. The molecule has 1 unspecified atom stereocenters. The van der Waals surface area contributed by atoms with Gasteiger partial charge in [0.05, 0.1) is 18.6 Å². The summed E-state index contributed by atoms with van der Waals surface area (Å²) < 4.78 is 5.64. The van der Waals surface area contributed by atoms with E-state index in [1.807, 2.05) is 17.2 Å². The number of hydrogen-bond donors (Lipinski definition) is 0. The van der Waals surface area contributed by atoms with Crippen LogP contribution in [0.4, 0.5) is 0 Å². The first-order valence-corrected chi connectivity index (χ1v) is 11.9. The normalized spacial score (nSPS) is 21.4. The van der Waals surface area contributed by atoms with Crippen LogP contribution < -0.4 is 0 Å². The Morgan fingerprint density at radius 1 is 1.19 bits per heavy atom. The zero-order chi connectivity index (χ0) is 22.4. The molecule has 5 nitrogen and oxygen atoms in total. The SMILES string of the molecule is CCN(CC)C(=O)C1(Cc2cccc(-c3cccnc3)c2)CCN(CC2=CCCOC2)C1. The first kappa shape index (κ1) is 22.7. The van der Waals surface area contributed by atoms with E-state index in [-0.39, 0.29) is 5.41 Å². The van der Waals surface area contributed by atoms with Crippen LogP contribution in [-0.4, -0.2) is 66.6 Å². The summed E-state index contributed by atoms with van der Waals surface area (Å²) in [7, 11) is 0. The first-order chi connectivity index (χ1) is 15.6. The molecule has 2 aromatic rings. The zero-order valence-corrected chi connectivity index (χ0v) is 19.4. The van der Waals surface area contributed by atoms with Crippen LogP contribution in [-0.2, 0) is 16.0 Å². The molecule has 170 valence electrons. The molecule has 0 spiro atoms. The average Bonchev–Trinajstić information content (AvgIpc) is 3.24. The highest BCUT2D eigenvalue weighted by atomic mass is 16.5. The van der Waals surface area contributed by atoms with Crippen molar-refractivity contribution in [3.05, 3.63) is 66.0 Å². The number of rotatable bonds is 8. The Labute approximate surface area is 192 Å². The molecule has 2 aliphatic heterocycles. The van der Waals surface area contributed by atoms with Crippen LogP contribution in [0.25, 0.3) is 11.1 Å². The van der Waals surface area contributed by atoms with Gasteiger partial charge in [-0.3, -0.25) is 14.7 Å². The highest BCUT2D eigenvalue weighted by Crippen LogP contribution is 2.37. The fraction of sp³-hybridized carbons (Fsp3) is 0.481. The Hall–Kier alpha value is -2.50. The third kappa shape index (κ3) is 5.11. The molecule has 1 atom stereocenters. The van der Waals surface area contributed by atoms with E-state index in [1.54, 1.807) is 6.20 Å². The second-order valence-corrected chi connectivity index (χ2v) is 9.04. The summed E-state index contributed by atoms with van der Waals surface area (Å²) in [5, 5.41) is 0. The summed E-state index contributed by atoms with van der Waals surface area (Å²) in [5.41, 5.74) is 4.45. The number of carbonyl (C=O) groups is 1. The lowest BCUT2D eigenvalue weighted by molar-refractivity contribution is -0.141. The van der Waals surface area contributed by atoms with E-state index in [0.717, 1.165) is 76.3 Å². The Bertz CT molecular complexity index is 939. The minimum absolute atomic E-state index is 0.297. The molecule has 0 radical (unpaired) electrons. The van der Waals surface area contributed by atoms with Gasteiger partial charge in [0.15, 0.2) is 0 Å². The van der Waals surface area contributed by atoms with Crippen LogP contribution in [0.2, 0.25) is 0 Å². The maximum Gasteiger partial charge on any atom is 0.230 e. The highest BCUT2D eigenvalue weighted by molar-refractivity contribution is 5.84. The number of amides is 1. The molecule has 1 saturated heterocycles. The largest absolute Gasteiger partial charge is 0.377 e. The van der Waals surface area contributed by atoms with E-state index in [2.05, 4.69) is 60.1 Å². The Morgan fingerprint density at radius 2 is 2.03 bits per heavy atom. The van der Waals surface area contributed by atoms with Crippen molar-refractivity contribution in [2.24, 2.45) is 5.41 Å². The maximum atomic E-state index is 13.8. The van der Waals surface area contributed by atoms with Gasteiger partial charge in [0, 0.05) is 38.6 Å². The molecule has 5 heteroatoms. The Morgan fingerprint density at radius 3 is 2.75 bits per heavy atom. The lowest BCUT2D eigenvalue weighted by Gasteiger charge is -2.34. The van der Waals surface area contributed by atoms with E-state index in [1.165, 1.54) is 11.1 Å². The summed E-state index contributed by atoms with van der Waals surface area (Å²) in [6, 6.07) is 12.7. The number of pyridine rings is 1. The molecule has 1 amide bonds. The molecule has 0 N–H and O–H groups in total. The van der Waals surface area contributed by atoms with Crippen molar-refractivity contribution in [1.29, 1.82) is 0 Å². The van der Waals surface area contributed by atoms with Crippen molar-refractivity contribution in [2.75, 3.05) is 45.9 Å². The first-order valence-electron chi connectivity index (χ1n) is 11.9. The van der Waals surface area contributed by atoms with Crippen LogP contribution in [0.15, 0.2) is 60.4 Å². The van der Waals surface area contributed by atoms with E-state index in [0.29, 0.717) is 5.91 Å². The molecule has 4 rings (SSSR count). The second kappa shape index (κ2) is 10.4. The van der Waals surface area contributed by atoms with Crippen molar-refractivity contribution in [3.8, 4) is 11.1 Å². The smallest absolute Gasteiger partial charge is 0.230 e. The van der Waals surface area contributed by atoms with E-state index in [4.69, 9.17) is 4.74 Å². The molecular weight excluding hydrogens is 398 g/mol. The minimum atomic E-state index is -0.379. The van der Waals surface area contributed by atoms with Crippen molar-refractivity contribution in [2.45, 2.75) is 33.1 Å². The number of benzene rings is 1. The molecule has 1 aromatic heterocycles. The second-order valence-electron chi connectivity index (χ2n) is 9.04. The third-order valence-electron chi connectivity index (χ3n) is 6.81. The zero-order valence-electron chi connectivity index (χ0n) is 19.4. The topological polar surface area (TPSA) is 45.7 Å². The monoisotopic (exact) mass is 433 g/mol. The number of likely N-dealkylation sites (tertiary alicyclic amines) is 1. The number of carbonyl (C=O) groups excluding carboxylic acids is 1. The van der Waals surface area contributed by atoms with Crippen LogP contribution in [0, 0.1) is 5.41 Å². The number of hydrogen-bond acceptors (Lipinski definition) is 4. The van der Waals surface area contributed by atoms with Gasteiger partial charge in [-0.2, -0.15) is 0 Å². The lowest BCUT2D eigenvalue weighted by atomic mass is 9.79. The molecule has 3 heterocycles. The number of nitrogens with zero attached hydrogens (tertiary/aromatic N) is 3. The highest BCUT2D eigenvalue weighted by Gasteiger charge is 2.46. The standard InChI is InChI=1S/C27H35N3O2/c1-3-30(4-2)26(31)27(12-14-29(21-27)19-23-9-7-15-32-20-23)17-22-8-5-10-24(16-22)25-11-6-13-28-18-25/h5-6,8-11,13,16,18H,3-4,7,12,14-15,17,19-21H2,1-2H3. The Kier molecular flexibility index (Phi) is 7.38. The molecule has 1 aromatic carbocycles. The van der Waals surface area contributed by atoms with Gasteiger partial charge in [-0.05, 0) is 68.0 Å². The van der Waals surface area contributed by atoms with Gasteiger partial charge in [0.2, 0.25) is 5.91 Å². The van der Waals surface area contributed by atoms with Crippen LogP contribution in [0.5, 0.6) is 0 Å². The predicted octanol–water partition coefficient (Wildman–Crippen LogP) is 4.20. The van der Waals surface area contributed by atoms with E-state index >= 15 is 0 Å². The van der Waals surface area contributed by atoms with Crippen LogP contribution >= 0.6 is 0 Å². The van der Waals surface area contributed by atoms with Crippen molar-refractivity contribution in [3.63, 3.8) is 0 Å². The molecule has 1 fully saturated rings. The summed E-state index contributed by atoms with van der Waals surface area (Å²) in [6.45, 7) is 9.87. The molecule has 0 bridgehead atoms. The summed E-state index contributed by atoms with van der Waals surface area (Å²) in [4.78, 5) is 22.5. The van der Waals surface area contributed by atoms with Gasteiger partial charge in [-0.1, -0.05) is 36.4 Å². The molecular formula is C27H35N3O2. The van der Waals surface area contributed by atoms with Gasteiger partial charge in [0.1, 0.15) is 0 Å². The van der Waals surface area contributed by atoms with Crippen LogP contribution in [0.3, 0.4) is 0 Å². The molecule has 0 saturated carbocycles. The minimum Gasteiger partial charge on any atom is -0.377 e. The summed E-state index contributed by atoms with van der Waals surface area (Å²) in [6.07, 6.45) is 8.66. The van der Waals surface area contributed by atoms with Gasteiger partial charge < -0.3 is 9.64 Å². The van der Waals surface area contributed by atoms with Crippen LogP contribution in [0.1, 0.15) is 32.3 Å². The van der Waals surface area contributed by atoms with Gasteiger partial charge in [0.25, 0.3) is 0 Å². The Balaban J connectivity index is 1.58. The molecule has 2 aliphatic rings. The fourth-order valence-electron chi connectivity index (χ4n) is 5.13. The van der Waals surface area contributed by atoms with Crippen molar-refractivity contribution in [1.82, 2.24) is 14.8 Å². The molecule has 32 heavy (non-hydrogen) atoms. The quantitative estimate of drug-likeness (QED) is 0.586. The van der Waals surface area contributed by atoms with E-state index < -0.39 is 0 Å².